The van der Waals surface area contributed by atoms with Crippen molar-refractivity contribution in [2.45, 2.75) is 12.5 Å². The van der Waals surface area contributed by atoms with Gasteiger partial charge in [0.2, 0.25) is 0 Å². The first-order valence-electron chi connectivity index (χ1n) is 8.54. The normalized spacial score (nSPS) is 16.0. The summed E-state index contributed by atoms with van der Waals surface area (Å²) in [6.45, 7) is 4.20. The third-order valence-electron chi connectivity index (χ3n) is 4.56. The van der Waals surface area contributed by atoms with Crippen molar-refractivity contribution in [3.05, 3.63) is 59.7 Å². The van der Waals surface area contributed by atoms with Gasteiger partial charge in [0.15, 0.2) is 0 Å². The van der Waals surface area contributed by atoms with Gasteiger partial charge in [0, 0.05) is 19.6 Å². The van der Waals surface area contributed by atoms with E-state index in [0.29, 0.717) is 0 Å². The number of nitrogens with one attached hydrogen (secondary N) is 1. The van der Waals surface area contributed by atoms with Crippen LogP contribution in [-0.4, -0.2) is 45.3 Å². The third kappa shape index (κ3) is 3.89. The van der Waals surface area contributed by atoms with E-state index in [0.717, 1.165) is 44.1 Å². The fraction of sp³-hybridized carbons (Fsp3) is 0.400. The highest BCUT2D eigenvalue weighted by Gasteiger charge is 2.24. The molecular formula is C20H26N2O2. The van der Waals surface area contributed by atoms with E-state index in [1.807, 2.05) is 12.1 Å². The molecule has 0 radical (unpaired) electrons. The maximum absolute atomic E-state index is 5.44. The molecule has 2 aromatic carbocycles. The molecule has 0 aromatic heterocycles. The number of rotatable bonds is 5. The summed E-state index contributed by atoms with van der Waals surface area (Å²) in [7, 11) is 3.44. The Hall–Kier alpha value is -2.04. The fourth-order valence-electron chi connectivity index (χ4n) is 3.36. The third-order valence-corrected chi connectivity index (χ3v) is 4.56. The molecule has 2 aromatic rings. The zero-order chi connectivity index (χ0) is 16.8. The largest absolute Gasteiger partial charge is 0.497 e. The van der Waals surface area contributed by atoms with Gasteiger partial charge in [0.05, 0.1) is 20.3 Å². The van der Waals surface area contributed by atoms with Crippen LogP contribution in [0, 0.1) is 0 Å². The minimum atomic E-state index is 0.204. The lowest BCUT2D eigenvalue weighted by Gasteiger charge is -2.31. The first kappa shape index (κ1) is 16.8. The van der Waals surface area contributed by atoms with Gasteiger partial charge in [-0.15, -0.1) is 0 Å². The van der Waals surface area contributed by atoms with E-state index in [4.69, 9.17) is 9.47 Å². The van der Waals surface area contributed by atoms with Crippen LogP contribution in [0.2, 0.25) is 0 Å². The van der Waals surface area contributed by atoms with Crippen molar-refractivity contribution in [2.75, 3.05) is 40.4 Å². The van der Waals surface area contributed by atoms with E-state index in [-0.39, 0.29) is 6.04 Å². The summed E-state index contributed by atoms with van der Waals surface area (Å²) in [5.41, 5.74) is 2.51. The van der Waals surface area contributed by atoms with E-state index in [2.05, 4.69) is 46.6 Å². The predicted octanol–water partition coefficient (Wildman–Crippen LogP) is 3.09. The highest BCUT2D eigenvalue weighted by molar-refractivity contribution is 5.39. The molecule has 0 atom stereocenters. The van der Waals surface area contributed by atoms with Gasteiger partial charge in [0.25, 0.3) is 0 Å². The van der Waals surface area contributed by atoms with Crippen molar-refractivity contribution >= 4 is 0 Å². The first-order chi connectivity index (χ1) is 11.8. The SMILES string of the molecule is COc1cccc(C(c2cccc(OC)c2)N2CCCNCC2)c1. The Bertz CT molecular complexity index is 604. The number of methoxy groups -OCH3 is 2. The summed E-state index contributed by atoms with van der Waals surface area (Å²) >= 11 is 0. The minimum absolute atomic E-state index is 0.204. The van der Waals surface area contributed by atoms with Crippen LogP contribution in [0.4, 0.5) is 0 Å². The molecule has 4 heteroatoms. The molecule has 0 saturated carbocycles. The summed E-state index contributed by atoms with van der Waals surface area (Å²) in [4.78, 5) is 2.55. The molecule has 1 aliphatic rings. The second-order valence-electron chi connectivity index (χ2n) is 6.10. The monoisotopic (exact) mass is 326 g/mol. The van der Waals surface area contributed by atoms with E-state index < -0.39 is 0 Å². The summed E-state index contributed by atoms with van der Waals surface area (Å²) in [6, 6.07) is 17.0. The molecule has 0 spiro atoms. The number of nitrogens with zero attached hydrogens (tertiary/aromatic N) is 1. The van der Waals surface area contributed by atoms with Gasteiger partial charge in [-0.2, -0.15) is 0 Å². The Labute approximate surface area is 144 Å². The van der Waals surface area contributed by atoms with E-state index in [1.165, 1.54) is 11.1 Å². The lowest BCUT2D eigenvalue weighted by Crippen LogP contribution is -2.33. The van der Waals surface area contributed by atoms with Gasteiger partial charge in [0.1, 0.15) is 11.5 Å². The summed E-state index contributed by atoms with van der Waals surface area (Å²) in [6.07, 6.45) is 1.16. The average molecular weight is 326 g/mol. The van der Waals surface area contributed by atoms with Crippen molar-refractivity contribution < 1.29 is 9.47 Å². The molecule has 1 saturated heterocycles. The van der Waals surface area contributed by atoms with Crippen LogP contribution in [0.15, 0.2) is 48.5 Å². The Balaban J connectivity index is 2.01. The molecule has 0 bridgehead atoms. The van der Waals surface area contributed by atoms with E-state index in [1.54, 1.807) is 14.2 Å². The molecule has 0 amide bonds. The summed E-state index contributed by atoms with van der Waals surface area (Å²) < 4.78 is 10.9. The lowest BCUT2D eigenvalue weighted by atomic mass is 9.96. The van der Waals surface area contributed by atoms with Crippen molar-refractivity contribution in [1.29, 1.82) is 0 Å². The molecule has 1 N–H and O–H groups in total. The average Bonchev–Trinajstić information content (AvgIpc) is 2.92. The predicted molar refractivity (Wildman–Crippen MR) is 96.9 cm³/mol. The fourth-order valence-corrected chi connectivity index (χ4v) is 3.36. The first-order valence-corrected chi connectivity index (χ1v) is 8.54. The van der Waals surface area contributed by atoms with Gasteiger partial charge in [-0.1, -0.05) is 24.3 Å². The second kappa shape index (κ2) is 8.18. The Morgan fingerprint density at radius 3 is 2.08 bits per heavy atom. The van der Waals surface area contributed by atoms with Crippen molar-refractivity contribution in [2.24, 2.45) is 0 Å². The minimum Gasteiger partial charge on any atom is -0.497 e. The molecule has 3 rings (SSSR count). The van der Waals surface area contributed by atoms with Crippen LogP contribution < -0.4 is 14.8 Å². The zero-order valence-electron chi connectivity index (χ0n) is 14.5. The number of ether oxygens (including phenoxy) is 2. The van der Waals surface area contributed by atoms with Gasteiger partial charge in [-0.05, 0) is 48.4 Å². The van der Waals surface area contributed by atoms with Crippen molar-refractivity contribution in [1.82, 2.24) is 10.2 Å². The zero-order valence-corrected chi connectivity index (χ0v) is 14.5. The van der Waals surface area contributed by atoms with Gasteiger partial charge in [-0.25, -0.2) is 0 Å². The van der Waals surface area contributed by atoms with Crippen molar-refractivity contribution in [3.8, 4) is 11.5 Å². The van der Waals surface area contributed by atoms with E-state index >= 15 is 0 Å². The topological polar surface area (TPSA) is 33.7 Å². The Morgan fingerprint density at radius 2 is 1.50 bits per heavy atom. The molecule has 0 aliphatic carbocycles. The van der Waals surface area contributed by atoms with Gasteiger partial charge < -0.3 is 14.8 Å². The van der Waals surface area contributed by atoms with Crippen LogP contribution in [0.3, 0.4) is 0 Å². The highest BCUT2D eigenvalue weighted by Crippen LogP contribution is 2.32. The molecule has 1 fully saturated rings. The molecule has 0 unspecified atom stereocenters. The molecule has 128 valence electrons. The van der Waals surface area contributed by atoms with Crippen LogP contribution in [0.5, 0.6) is 11.5 Å². The van der Waals surface area contributed by atoms with Crippen LogP contribution in [0.25, 0.3) is 0 Å². The smallest absolute Gasteiger partial charge is 0.119 e. The maximum atomic E-state index is 5.44. The molecule has 1 aliphatic heterocycles. The van der Waals surface area contributed by atoms with Crippen LogP contribution in [0.1, 0.15) is 23.6 Å². The maximum Gasteiger partial charge on any atom is 0.119 e. The Kier molecular flexibility index (Phi) is 5.72. The quantitative estimate of drug-likeness (QED) is 0.915. The van der Waals surface area contributed by atoms with E-state index in [9.17, 15) is 0 Å². The number of hydrogen-bond donors (Lipinski definition) is 1. The van der Waals surface area contributed by atoms with Crippen LogP contribution in [-0.2, 0) is 0 Å². The summed E-state index contributed by atoms with van der Waals surface area (Å²) in [5.74, 6) is 1.79. The number of benzene rings is 2. The van der Waals surface area contributed by atoms with Crippen LogP contribution >= 0.6 is 0 Å². The lowest BCUT2D eigenvalue weighted by molar-refractivity contribution is 0.240. The van der Waals surface area contributed by atoms with Gasteiger partial charge >= 0.3 is 0 Å². The van der Waals surface area contributed by atoms with Gasteiger partial charge in [-0.3, -0.25) is 4.90 Å². The molecule has 24 heavy (non-hydrogen) atoms. The second-order valence-corrected chi connectivity index (χ2v) is 6.10. The summed E-state index contributed by atoms with van der Waals surface area (Å²) in [5, 5.41) is 3.49. The highest BCUT2D eigenvalue weighted by atomic mass is 16.5. The number of hydrogen-bond acceptors (Lipinski definition) is 4. The van der Waals surface area contributed by atoms with Crippen molar-refractivity contribution in [3.63, 3.8) is 0 Å². The molecule has 1 heterocycles. The standard InChI is InChI=1S/C20H26N2O2/c1-23-18-8-3-6-16(14-18)20(22-12-5-10-21-11-13-22)17-7-4-9-19(15-17)24-2/h3-4,6-9,14-15,20-21H,5,10-13H2,1-2H3. The molecule has 4 nitrogen and oxygen atoms in total. The molecular weight excluding hydrogens is 300 g/mol. The Morgan fingerprint density at radius 1 is 0.875 bits per heavy atom.